The van der Waals surface area contributed by atoms with Gasteiger partial charge in [-0.2, -0.15) is 0 Å². The third kappa shape index (κ3) is 1.42. The zero-order valence-corrected chi connectivity index (χ0v) is 7.99. The van der Waals surface area contributed by atoms with E-state index in [1.165, 1.54) is 0 Å². The zero-order chi connectivity index (χ0) is 10.2. The maximum atomic E-state index is 9.10. The van der Waals surface area contributed by atoms with E-state index in [4.69, 9.17) is 20.3 Å². The van der Waals surface area contributed by atoms with Crippen molar-refractivity contribution in [1.29, 1.82) is 0 Å². The topological polar surface area (TPSA) is 64.7 Å². The first-order valence-corrected chi connectivity index (χ1v) is 4.43. The minimum atomic E-state index is -0.735. The van der Waals surface area contributed by atoms with Crippen LogP contribution in [-0.2, 0) is 5.54 Å². The van der Waals surface area contributed by atoms with Gasteiger partial charge < -0.3 is 20.3 Å². The molecule has 4 nitrogen and oxygen atoms in total. The first kappa shape index (κ1) is 9.30. The molecule has 0 saturated heterocycles. The van der Waals surface area contributed by atoms with Crippen molar-refractivity contribution in [3.8, 4) is 11.5 Å². The molecule has 1 heterocycles. The summed E-state index contributed by atoms with van der Waals surface area (Å²) < 4.78 is 10.4. The van der Waals surface area contributed by atoms with Gasteiger partial charge >= 0.3 is 0 Å². The lowest BCUT2D eigenvalue weighted by Crippen LogP contribution is -2.36. The summed E-state index contributed by atoms with van der Waals surface area (Å²) >= 11 is 0. The summed E-state index contributed by atoms with van der Waals surface area (Å²) in [6.07, 6.45) is 0. The summed E-state index contributed by atoms with van der Waals surface area (Å²) in [4.78, 5) is 0. The Morgan fingerprint density at radius 2 is 2.14 bits per heavy atom. The van der Waals surface area contributed by atoms with E-state index in [9.17, 15) is 0 Å². The Labute approximate surface area is 82.2 Å². The lowest BCUT2D eigenvalue weighted by molar-refractivity contribution is 0.173. The molecule has 76 valence electrons. The summed E-state index contributed by atoms with van der Waals surface area (Å²) in [5.74, 6) is 1.41. The number of rotatable bonds is 2. The molecule has 1 atom stereocenters. The number of aliphatic hydroxyl groups excluding tert-OH is 1. The summed E-state index contributed by atoms with van der Waals surface area (Å²) in [5.41, 5.74) is 5.99. The first-order chi connectivity index (χ1) is 6.63. The Morgan fingerprint density at radius 3 is 2.86 bits per heavy atom. The van der Waals surface area contributed by atoms with Gasteiger partial charge in [0.2, 0.25) is 6.79 Å². The molecule has 2 rings (SSSR count). The van der Waals surface area contributed by atoms with Crippen LogP contribution in [-0.4, -0.2) is 18.5 Å². The number of hydrogen-bond donors (Lipinski definition) is 2. The molecule has 0 radical (unpaired) electrons. The number of nitrogens with two attached hydrogens (primary N) is 1. The third-order valence-electron chi connectivity index (χ3n) is 2.36. The molecule has 0 aliphatic carbocycles. The van der Waals surface area contributed by atoms with Gasteiger partial charge in [-0.15, -0.1) is 0 Å². The molecule has 0 bridgehead atoms. The highest BCUT2D eigenvalue weighted by Crippen LogP contribution is 2.34. The number of ether oxygens (including phenoxy) is 2. The molecule has 0 saturated carbocycles. The van der Waals surface area contributed by atoms with E-state index in [1.807, 2.05) is 6.07 Å². The number of fused-ring (bicyclic) bond motifs is 1. The van der Waals surface area contributed by atoms with Crippen LogP contribution >= 0.6 is 0 Å². The van der Waals surface area contributed by atoms with Crippen LogP contribution in [0.4, 0.5) is 0 Å². The van der Waals surface area contributed by atoms with Gasteiger partial charge in [0.1, 0.15) is 0 Å². The maximum absolute atomic E-state index is 9.10. The lowest BCUT2D eigenvalue weighted by Gasteiger charge is -2.22. The van der Waals surface area contributed by atoms with Gasteiger partial charge in [-0.25, -0.2) is 0 Å². The Morgan fingerprint density at radius 1 is 1.43 bits per heavy atom. The molecule has 1 aromatic rings. The predicted octanol–water partition coefficient (Wildman–Crippen LogP) is 0.581. The molecule has 0 fully saturated rings. The van der Waals surface area contributed by atoms with Crippen molar-refractivity contribution in [3.63, 3.8) is 0 Å². The van der Waals surface area contributed by atoms with Crippen molar-refractivity contribution in [2.75, 3.05) is 13.4 Å². The van der Waals surface area contributed by atoms with E-state index in [1.54, 1.807) is 19.1 Å². The quantitative estimate of drug-likeness (QED) is 0.724. The van der Waals surface area contributed by atoms with E-state index in [0.29, 0.717) is 5.75 Å². The van der Waals surface area contributed by atoms with Crippen molar-refractivity contribution >= 4 is 0 Å². The van der Waals surface area contributed by atoms with Crippen LogP contribution in [0.2, 0.25) is 0 Å². The van der Waals surface area contributed by atoms with Crippen LogP contribution in [0.15, 0.2) is 18.2 Å². The number of benzene rings is 1. The molecular weight excluding hydrogens is 182 g/mol. The molecule has 0 amide bonds. The lowest BCUT2D eigenvalue weighted by atomic mass is 9.94. The second-order valence-corrected chi connectivity index (χ2v) is 3.64. The summed E-state index contributed by atoms with van der Waals surface area (Å²) in [7, 11) is 0. The Kier molecular flexibility index (Phi) is 2.09. The number of hydrogen-bond acceptors (Lipinski definition) is 4. The molecule has 3 N–H and O–H groups in total. The van der Waals surface area contributed by atoms with Crippen molar-refractivity contribution in [1.82, 2.24) is 0 Å². The van der Waals surface area contributed by atoms with Gasteiger partial charge in [0, 0.05) is 0 Å². The second kappa shape index (κ2) is 3.15. The van der Waals surface area contributed by atoms with Gasteiger partial charge in [0.05, 0.1) is 12.1 Å². The van der Waals surface area contributed by atoms with Crippen LogP contribution in [0.1, 0.15) is 12.5 Å². The number of aliphatic hydroxyl groups is 1. The average Bonchev–Trinajstić information content (AvgIpc) is 2.64. The standard InChI is InChI=1S/C10H13NO3/c1-10(11,5-12)7-2-3-8-9(4-7)14-6-13-8/h2-4,12H,5-6,11H2,1H3/t10-/m0/s1. The maximum Gasteiger partial charge on any atom is 0.231 e. The molecule has 1 aromatic carbocycles. The highest BCUT2D eigenvalue weighted by Gasteiger charge is 2.23. The highest BCUT2D eigenvalue weighted by molar-refractivity contribution is 5.46. The molecule has 1 aliphatic rings. The molecule has 0 spiro atoms. The predicted molar refractivity (Wildman–Crippen MR) is 51.2 cm³/mol. The highest BCUT2D eigenvalue weighted by atomic mass is 16.7. The van der Waals surface area contributed by atoms with E-state index < -0.39 is 5.54 Å². The second-order valence-electron chi connectivity index (χ2n) is 3.64. The normalized spacial score (nSPS) is 17.9. The summed E-state index contributed by atoms with van der Waals surface area (Å²) in [6, 6.07) is 5.45. The molecule has 1 aliphatic heterocycles. The largest absolute Gasteiger partial charge is 0.454 e. The van der Waals surface area contributed by atoms with Crippen LogP contribution in [0, 0.1) is 0 Å². The van der Waals surface area contributed by atoms with Crippen LogP contribution in [0.3, 0.4) is 0 Å². The van der Waals surface area contributed by atoms with Crippen LogP contribution in [0.25, 0.3) is 0 Å². The van der Waals surface area contributed by atoms with E-state index in [-0.39, 0.29) is 13.4 Å². The minimum Gasteiger partial charge on any atom is -0.454 e. The van der Waals surface area contributed by atoms with Crippen LogP contribution in [0.5, 0.6) is 11.5 Å². The molecule has 0 aromatic heterocycles. The zero-order valence-electron chi connectivity index (χ0n) is 7.99. The van der Waals surface area contributed by atoms with E-state index >= 15 is 0 Å². The Bertz CT molecular complexity index is 349. The molecular formula is C10H13NO3. The van der Waals surface area contributed by atoms with E-state index in [0.717, 1.165) is 11.3 Å². The van der Waals surface area contributed by atoms with E-state index in [2.05, 4.69) is 0 Å². The average molecular weight is 195 g/mol. The van der Waals surface area contributed by atoms with Gasteiger partial charge in [0.25, 0.3) is 0 Å². The van der Waals surface area contributed by atoms with Gasteiger partial charge in [-0.3, -0.25) is 0 Å². The fourth-order valence-corrected chi connectivity index (χ4v) is 1.34. The Balaban J connectivity index is 2.38. The SMILES string of the molecule is C[C@](N)(CO)c1ccc2c(c1)OCO2. The summed E-state index contributed by atoms with van der Waals surface area (Å²) in [5, 5.41) is 9.10. The molecule has 4 heteroatoms. The fraction of sp³-hybridized carbons (Fsp3) is 0.400. The molecule has 0 unspecified atom stereocenters. The minimum absolute atomic E-state index is 0.105. The first-order valence-electron chi connectivity index (χ1n) is 4.43. The third-order valence-corrected chi connectivity index (χ3v) is 2.36. The van der Waals surface area contributed by atoms with Crippen LogP contribution < -0.4 is 15.2 Å². The van der Waals surface area contributed by atoms with Crippen molar-refractivity contribution in [2.45, 2.75) is 12.5 Å². The van der Waals surface area contributed by atoms with Crippen molar-refractivity contribution in [3.05, 3.63) is 23.8 Å². The van der Waals surface area contributed by atoms with Gasteiger partial charge in [0.15, 0.2) is 11.5 Å². The fourth-order valence-electron chi connectivity index (χ4n) is 1.34. The summed E-state index contributed by atoms with van der Waals surface area (Å²) in [6.45, 7) is 1.91. The van der Waals surface area contributed by atoms with Gasteiger partial charge in [-0.05, 0) is 24.6 Å². The van der Waals surface area contributed by atoms with Crippen molar-refractivity contribution in [2.24, 2.45) is 5.73 Å². The smallest absolute Gasteiger partial charge is 0.231 e. The van der Waals surface area contributed by atoms with Gasteiger partial charge in [-0.1, -0.05) is 6.07 Å². The monoisotopic (exact) mass is 195 g/mol. The van der Waals surface area contributed by atoms with Crippen molar-refractivity contribution < 1.29 is 14.6 Å². The Hall–Kier alpha value is -1.26. The molecule has 14 heavy (non-hydrogen) atoms.